The lowest BCUT2D eigenvalue weighted by atomic mass is 9.71. The standard InChI is InChI=1S/C21H29FO12/c1-10(23)29-16-17(30-11(2)24)19(32-13(4)26)21(8-7-9-22,34-15(6)28)20(33-14(5)27)18(16)31-12(3)25/h16-20H,7-9H2,1-6H3/t16-,17?,18?,19+,20?,21-/m1/s1. The minimum absolute atomic E-state index is 0.291. The Morgan fingerprint density at radius 3 is 1.24 bits per heavy atom. The van der Waals surface area contributed by atoms with E-state index in [-0.39, 0.29) is 6.42 Å². The Bertz CT molecular complexity index is 766. The molecule has 0 bridgehead atoms. The van der Waals surface area contributed by atoms with Crippen molar-refractivity contribution in [2.24, 2.45) is 0 Å². The van der Waals surface area contributed by atoms with E-state index in [1.54, 1.807) is 0 Å². The molecule has 34 heavy (non-hydrogen) atoms. The van der Waals surface area contributed by atoms with E-state index >= 15 is 0 Å². The van der Waals surface area contributed by atoms with Crippen LogP contribution in [-0.4, -0.2) is 78.6 Å². The minimum atomic E-state index is -2.19. The topological polar surface area (TPSA) is 158 Å². The minimum Gasteiger partial charge on any atom is -0.454 e. The molecule has 0 amide bonds. The molecule has 0 spiro atoms. The number of halogens is 1. The summed E-state index contributed by atoms with van der Waals surface area (Å²) in [6, 6.07) is 0. The summed E-state index contributed by atoms with van der Waals surface area (Å²) in [6.45, 7) is 5.08. The van der Waals surface area contributed by atoms with Gasteiger partial charge in [0.25, 0.3) is 0 Å². The zero-order valence-electron chi connectivity index (χ0n) is 19.8. The average Bonchev–Trinajstić information content (AvgIpc) is 2.67. The molecule has 0 aromatic rings. The van der Waals surface area contributed by atoms with E-state index in [0.717, 1.165) is 41.5 Å². The SMILES string of the molecule is CC(=O)OC1C(OC(C)=O)[C@](CCCF)(OC(C)=O)[C@@H](OC(C)=O)C(OC(C)=O)[C@H]1OC(C)=O. The third-order valence-electron chi connectivity index (χ3n) is 4.73. The molecular weight excluding hydrogens is 463 g/mol. The Morgan fingerprint density at radius 2 is 0.941 bits per heavy atom. The molecule has 1 saturated carbocycles. The smallest absolute Gasteiger partial charge is 0.303 e. The Hall–Kier alpha value is -3.25. The molecule has 1 aliphatic rings. The summed E-state index contributed by atoms with van der Waals surface area (Å²) in [4.78, 5) is 72.0. The van der Waals surface area contributed by atoms with E-state index in [9.17, 15) is 33.2 Å². The summed E-state index contributed by atoms with van der Waals surface area (Å²) >= 11 is 0. The molecule has 0 aromatic heterocycles. The second kappa shape index (κ2) is 12.3. The summed E-state index contributed by atoms with van der Waals surface area (Å²) in [6.07, 6.45) is -9.24. The van der Waals surface area contributed by atoms with Gasteiger partial charge in [-0.05, 0) is 12.8 Å². The highest BCUT2D eigenvalue weighted by Crippen LogP contribution is 2.44. The zero-order valence-corrected chi connectivity index (χ0v) is 19.8. The van der Waals surface area contributed by atoms with Crippen LogP contribution in [0.15, 0.2) is 0 Å². The molecule has 0 radical (unpaired) electrons. The lowest BCUT2D eigenvalue weighted by Gasteiger charge is -2.53. The van der Waals surface area contributed by atoms with Gasteiger partial charge < -0.3 is 28.4 Å². The van der Waals surface area contributed by atoms with E-state index in [1.807, 2.05) is 0 Å². The van der Waals surface area contributed by atoms with E-state index < -0.39 is 85.0 Å². The van der Waals surface area contributed by atoms with Crippen molar-refractivity contribution in [3.05, 3.63) is 0 Å². The van der Waals surface area contributed by atoms with E-state index in [2.05, 4.69) is 0 Å². The second-order valence-electron chi connectivity index (χ2n) is 7.62. The first kappa shape index (κ1) is 28.8. The van der Waals surface area contributed by atoms with Gasteiger partial charge in [-0.15, -0.1) is 0 Å². The maximum Gasteiger partial charge on any atom is 0.303 e. The fourth-order valence-corrected chi connectivity index (χ4v) is 3.97. The first-order valence-electron chi connectivity index (χ1n) is 10.4. The van der Waals surface area contributed by atoms with Gasteiger partial charge in [0.15, 0.2) is 36.1 Å². The van der Waals surface area contributed by atoms with Crippen LogP contribution in [0.25, 0.3) is 0 Å². The average molecular weight is 492 g/mol. The van der Waals surface area contributed by atoms with Crippen LogP contribution in [0.5, 0.6) is 0 Å². The number of ether oxygens (including phenoxy) is 6. The molecule has 0 N–H and O–H groups in total. The summed E-state index contributed by atoms with van der Waals surface area (Å²) in [5.74, 6) is -5.59. The van der Waals surface area contributed by atoms with Gasteiger partial charge in [-0.3, -0.25) is 33.2 Å². The van der Waals surface area contributed by atoms with Crippen LogP contribution in [-0.2, 0) is 57.2 Å². The number of hydrogen-bond acceptors (Lipinski definition) is 12. The predicted octanol–water partition coefficient (Wildman–Crippen LogP) is 0.710. The maximum atomic E-state index is 13.3. The Labute approximate surface area is 195 Å². The van der Waals surface area contributed by atoms with E-state index in [4.69, 9.17) is 28.4 Å². The number of carbonyl (C=O) groups excluding carboxylic acids is 6. The van der Waals surface area contributed by atoms with Crippen LogP contribution in [0.2, 0.25) is 0 Å². The zero-order chi connectivity index (χ0) is 26.2. The summed E-state index contributed by atoms with van der Waals surface area (Å²) in [5, 5.41) is 0. The van der Waals surface area contributed by atoms with Crippen LogP contribution >= 0.6 is 0 Å². The molecule has 12 nitrogen and oxygen atoms in total. The van der Waals surface area contributed by atoms with Crippen molar-refractivity contribution in [3.8, 4) is 0 Å². The summed E-state index contributed by atoms with van der Waals surface area (Å²) in [5.41, 5.74) is -2.19. The van der Waals surface area contributed by atoms with Crippen molar-refractivity contribution in [1.29, 1.82) is 0 Å². The number of carbonyl (C=O) groups is 6. The normalized spacial score (nSPS) is 28.1. The Kier molecular flexibility index (Phi) is 10.4. The van der Waals surface area contributed by atoms with E-state index in [1.165, 1.54) is 0 Å². The monoisotopic (exact) mass is 492 g/mol. The highest BCUT2D eigenvalue weighted by atomic mass is 19.1. The lowest BCUT2D eigenvalue weighted by molar-refractivity contribution is -0.291. The third kappa shape index (κ3) is 7.39. The highest BCUT2D eigenvalue weighted by molar-refractivity contribution is 5.71. The van der Waals surface area contributed by atoms with Gasteiger partial charge in [0.05, 0.1) is 6.67 Å². The molecule has 1 fully saturated rings. The third-order valence-corrected chi connectivity index (χ3v) is 4.73. The van der Waals surface area contributed by atoms with Gasteiger partial charge in [0, 0.05) is 41.5 Å². The van der Waals surface area contributed by atoms with Crippen LogP contribution in [0.3, 0.4) is 0 Å². The van der Waals surface area contributed by atoms with Crippen molar-refractivity contribution in [3.63, 3.8) is 0 Å². The molecule has 0 aliphatic heterocycles. The fourth-order valence-electron chi connectivity index (χ4n) is 3.97. The van der Waals surface area contributed by atoms with Crippen molar-refractivity contribution in [1.82, 2.24) is 0 Å². The molecular formula is C21H29FO12. The molecule has 6 atom stereocenters. The largest absolute Gasteiger partial charge is 0.454 e. The molecule has 1 rings (SSSR count). The molecule has 13 heteroatoms. The van der Waals surface area contributed by atoms with Crippen LogP contribution < -0.4 is 0 Å². The van der Waals surface area contributed by atoms with Crippen molar-refractivity contribution in [2.75, 3.05) is 6.67 Å². The van der Waals surface area contributed by atoms with Crippen LogP contribution in [0.4, 0.5) is 4.39 Å². The quantitative estimate of drug-likeness (QED) is 0.328. The number of rotatable bonds is 9. The Balaban J connectivity index is 4.00. The van der Waals surface area contributed by atoms with E-state index in [0.29, 0.717) is 0 Å². The first-order chi connectivity index (χ1) is 15.7. The highest BCUT2D eigenvalue weighted by Gasteiger charge is 2.68. The van der Waals surface area contributed by atoms with Gasteiger partial charge in [-0.1, -0.05) is 0 Å². The van der Waals surface area contributed by atoms with Gasteiger partial charge in [-0.25, -0.2) is 0 Å². The van der Waals surface area contributed by atoms with Gasteiger partial charge in [0.1, 0.15) is 0 Å². The van der Waals surface area contributed by atoms with Gasteiger partial charge >= 0.3 is 35.8 Å². The summed E-state index contributed by atoms with van der Waals surface area (Å²) in [7, 11) is 0. The van der Waals surface area contributed by atoms with Gasteiger partial charge in [-0.2, -0.15) is 0 Å². The number of alkyl halides is 1. The molecule has 0 aromatic carbocycles. The molecule has 192 valence electrons. The molecule has 0 heterocycles. The summed E-state index contributed by atoms with van der Waals surface area (Å²) < 4.78 is 45.4. The Morgan fingerprint density at radius 1 is 0.588 bits per heavy atom. The fraction of sp³-hybridized carbons (Fsp3) is 0.714. The first-order valence-corrected chi connectivity index (χ1v) is 10.4. The van der Waals surface area contributed by atoms with Gasteiger partial charge in [0.2, 0.25) is 0 Å². The lowest BCUT2D eigenvalue weighted by Crippen LogP contribution is -2.75. The second-order valence-corrected chi connectivity index (χ2v) is 7.62. The van der Waals surface area contributed by atoms with Crippen molar-refractivity contribution in [2.45, 2.75) is 90.5 Å². The number of esters is 6. The predicted molar refractivity (Wildman–Crippen MR) is 107 cm³/mol. The maximum absolute atomic E-state index is 13.3. The van der Waals surface area contributed by atoms with Crippen LogP contribution in [0.1, 0.15) is 54.4 Å². The number of hydrogen-bond donors (Lipinski definition) is 0. The van der Waals surface area contributed by atoms with Crippen molar-refractivity contribution < 1.29 is 61.6 Å². The molecule has 1 aliphatic carbocycles. The molecule has 0 saturated heterocycles. The van der Waals surface area contributed by atoms with Crippen LogP contribution in [0, 0.1) is 0 Å². The molecule has 3 unspecified atom stereocenters. The van der Waals surface area contributed by atoms with Crippen molar-refractivity contribution >= 4 is 35.8 Å².